The zero-order valence-corrected chi connectivity index (χ0v) is 13.5. The lowest BCUT2D eigenvalue weighted by atomic mass is 10.2. The molecule has 0 amide bonds. The van der Waals surface area contributed by atoms with Crippen molar-refractivity contribution in [1.82, 2.24) is 19.8 Å². The molecule has 0 aliphatic carbocycles. The number of nitrogens with zero attached hydrogens (tertiary/aromatic N) is 4. The van der Waals surface area contributed by atoms with Crippen LogP contribution in [-0.4, -0.2) is 45.6 Å². The average Bonchev–Trinajstić information content (AvgIpc) is 3.30. The van der Waals surface area contributed by atoms with Gasteiger partial charge in [-0.1, -0.05) is 11.2 Å². The lowest BCUT2D eigenvalue weighted by Gasteiger charge is -2.32. The lowest BCUT2D eigenvalue weighted by Crippen LogP contribution is -2.43. The Bertz CT molecular complexity index is 723. The zero-order valence-electron chi connectivity index (χ0n) is 12.7. The van der Waals surface area contributed by atoms with E-state index in [1.807, 2.05) is 40.5 Å². The zero-order chi connectivity index (χ0) is 15.5. The number of hydrogen-bond donors (Lipinski definition) is 0. The number of ether oxygens (including phenoxy) is 1. The molecule has 0 aromatic carbocycles. The number of hydrogen-bond acceptors (Lipinski definition) is 6. The molecule has 4 rings (SSSR count). The Kier molecular flexibility index (Phi) is 4.23. The Labute approximate surface area is 138 Å². The molecule has 1 fully saturated rings. The lowest BCUT2D eigenvalue weighted by molar-refractivity contribution is -0.0407. The molecule has 120 valence electrons. The van der Waals surface area contributed by atoms with E-state index < -0.39 is 0 Å². The molecule has 3 aromatic heterocycles. The van der Waals surface area contributed by atoms with E-state index in [4.69, 9.17) is 9.26 Å². The summed E-state index contributed by atoms with van der Waals surface area (Å²) in [5, 5.41) is 10.5. The molecule has 1 aliphatic heterocycles. The van der Waals surface area contributed by atoms with Gasteiger partial charge in [-0.25, -0.2) is 0 Å². The van der Waals surface area contributed by atoms with Crippen LogP contribution in [0.1, 0.15) is 5.69 Å². The molecule has 0 unspecified atom stereocenters. The van der Waals surface area contributed by atoms with Crippen molar-refractivity contribution in [3.05, 3.63) is 47.7 Å². The third kappa shape index (κ3) is 3.52. The molecule has 1 atom stereocenters. The Morgan fingerprint density at radius 2 is 2.35 bits per heavy atom. The Balaban J connectivity index is 1.37. The number of thiophene rings is 1. The van der Waals surface area contributed by atoms with Crippen LogP contribution in [0.2, 0.25) is 0 Å². The third-order valence-corrected chi connectivity index (χ3v) is 4.77. The van der Waals surface area contributed by atoms with Crippen molar-refractivity contribution < 1.29 is 9.26 Å². The second kappa shape index (κ2) is 6.66. The van der Waals surface area contributed by atoms with Crippen LogP contribution < -0.4 is 0 Å². The largest absolute Gasteiger partial charge is 0.374 e. The second-order valence-electron chi connectivity index (χ2n) is 5.62. The first-order valence-corrected chi connectivity index (χ1v) is 8.55. The SMILES string of the molecule is c1csc(-c2cc(CN3CCO[C@@H](Cn4cccn4)C3)no2)c1. The molecule has 1 saturated heterocycles. The van der Waals surface area contributed by atoms with Gasteiger partial charge in [-0.2, -0.15) is 5.10 Å². The van der Waals surface area contributed by atoms with E-state index in [1.54, 1.807) is 17.5 Å². The molecule has 23 heavy (non-hydrogen) atoms. The molecule has 0 saturated carbocycles. The van der Waals surface area contributed by atoms with Gasteiger partial charge in [0.15, 0.2) is 5.76 Å². The Morgan fingerprint density at radius 1 is 1.35 bits per heavy atom. The van der Waals surface area contributed by atoms with Crippen molar-refractivity contribution in [3.8, 4) is 10.6 Å². The fourth-order valence-electron chi connectivity index (χ4n) is 2.80. The summed E-state index contributed by atoms with van der Waals surface area (Å²) < 4.78 is 13.2. The molecule has 0 N–H and O–H groups in total. The highest BCUT2D eigenvalue weighted by molar-refractivity contribution is 7.13. The Hall–Kier alpha value is -1.96. The highest BCUT2D eigenvalue weighted by Gasteiger charge is 2.22. The topological polar surface area (TPSA) is 56.3 Å². The van der Waals surface area contributed by atoms with Crippen LogP contribution in [-0.2, 0) is 17.8 Å². The standard InChI is InChI=1S/C16H18N4O2S/c1-3-16(23-8-1)15-9-13(18-22-15)10-19-6-7-21-14(11-19)12-20-5-2-4-17-20/h1-5,8-9,14H,6-7,10-12H2/t14-/m1/s1. The van der Waals surface area contributed by atoms with Crippen LogP contribution in [0.4, 0.5) is 0 Å². The van der Waals surface area contributed by atoms with Crippen molar-refractivity contribution >= 4 is 11.3 Å². The van der Waals surface area contributed by atoms with Crippen molar-refractivity contribution in [2.75, 3.05) is 19.7 Å². The van der Waals surface area contributed by atoms with Gasteiger partial charge in [-0.3, -0.25) is 9.58 Å². The van der Waals surface area contributed by atoms with Gasteiger partial charge >= 0.3 is 0 Å². The third-order valence-electron chi connectivity index (χ3n) is 3.88. The van der Waals surface area contributed by atoms with Crippen molar-refractivity contribution in [1.29, 1.82) is 0 Å². The van der Waals surface area contributed by atoms with Gasteiger partial charge in [0.05, 0.1) is 29.8 Å². The molecule has 0 bridgehead atoms. The highest BCUT2D eigenvalue weighted by Crippen LogP contribution is 2.25. The molecule has 0 radical (unpaired) electrons. The second-order valence-corrected chi connectivity index (χ2v) is 6.56. The summed E-state index contributed by atoms with van der Waals surface area (Å²) in [5.74, 6) is 0.844. The first kappa shape index (κ1) is 14.6. The molecule has 1 aliphatic rings. The first-order valence-electron chi connectivity index (χ1n) is 7.68. The van der Waals surface area contributed by atoms with E-state index in [0.717, 1.165) is 49.1 Å². The minimum absolute atomic E-state index is 0.160. The van der Waals surface area contributed by atoms with Crippen LogP contribution in [0.3, 0.4) is 0 Å². The van der Waals surface area contributed by atoms with E-state index in [0.29, 0.717) is 0 Å². The number of rotatable bonds is 5. The maximum absolute atomic E-state index is 5.84. The van der Waals surface area contributed by atoms with Gasteiger partial charge in [0.2, 0.25) is 0 Å². The summed E-state index contributed by atoms with van der Waals surface area (Å²) >= 11 is 1.66. The van der Waals surface area contributed by atoms with E-state index in [9.17, 15) is 0 Å². The molecule has 3 aromatic rings. The molecule has 0 spiro atoms. The minimum Gasteiger partial charge on any atom is -0.374 e. The van der Waals surface area contributed by atoms with Gasteiger partial charge < -0.3 is 9.26 Å². The van der Waals surface area contributed by atoms with Crippen LogP contribution in [0.5, 0.6) is 0 Å². The fourth-order valence-corrected chi connectivity index (χ4v) is 3.48. The molecule has 4 heterocycles. The molecule has 6 nitrogen and oxygen atoms in total. The Morgan fingerprint density at radius 3 is 3.17 bits per heavy atom. The normalized spacial score (nSPS) is 19.2. The summed E-state index contributed by atoms with van der Waals surface area (Å²) in [4.78, 5) is 3.47. The number of morpholine rings is 1. The van der Waals surface area contributed by atoms with E-state index in [-0.39, 0.29) is 6.10 Å². The quantitative estimate of drug-likeness (QED) is 0.719. The maximum atomic E-state index is 5.84. The van der Waals surface area contributed by atoms with Crippen LogP contribution in [0.15, 0.2) is 46.6 Å². The predicted molar refractivity (Wildman–Crippen MR) is 87.1 cm³/mol. The van der Waals surface area contributed by atoms with Crippen LogP contribution in [0, 0.1) is 0 Å². The van der Waals surface area contributed by atoms with Crippen molar-refractivity contribution in [2.24, 2.45) is 0 Å². The predicted octanol–water partition coefficient (Wildman–Crippen LogP) is 2.50. The van der Waals surface area contributed by atoms with E-state index in [2.05, 4.69) is 15.2 Å². The molecular formula is C16H18N4O2S. The fraction of sp³-hybridized carbons (Fsp3) is 0.375. The molecular weight excluding hydrogens is 312 g/mol. The van der Waals surface area contributed by atoms with Gasteiger partial charge in [0.1, 0.15) is 0 Å². The minimum atomic E-state index is 0.160. The summed E-state index contributed by atoms with van der Waals surface area (Å²) in [6.07, 6.45) is 3.92. The van der Waals surface area contributed by atoms with E-state index >= 15 is 0 Å². The number of aromatic nitrogens is 3. The summed E-state index contributed by atoms with van der Waals surface area (Å²) in [7, 11) is 0. The first-order chi connectivity index (χ1) is 11.4. The van der Waals surface area contributed by atoms with Crippen LogP contribution in [0.25, 0.3) is 10.6 Å². The monoisotopic (exact) mass is 330 g/mol. The summed E-state index contributed by atoms with van der Waals surface area (Å²) in [6.45, 7) is 4.09. The van der Waals surface area contributed by atoms with Gasteiger partial charge in [-0.05, 0) is 17.5 Å². The average molecular weight is 330 g/mol. The van der Waals surface area contributed by atoms with Crippen molar-refractivity contribution in [3.63, 3.8) is 0 Å². The van der Waals surface area contributed by atoms with Gasteiger partial charge in [0.25, 0.3) is 0 Å². The van der Waals surface area contributed by atoms with Gasteiger partial charge in [-0.15, -0.1) is 11.3 Å². The smallest absolute Gasteiger partial charge is 0.177 e. The summed E-state index contributed by atoms with van der Waals surface area (Å²) in [5.41, 5.74) is 0.966. The van der Waals surface area contributed by atoms with Crippen LogP contribution >= 0.6 is 11.3 Å². The van der Waals surface area contributed by atoms with Gasteiger partial charge in [0, 0.05) is 38.1 Å². The van der Waals surface area contributed by atoms with Crippen molar-refractivity contribution in [2.45, 2.75) is 19.2 Å². The highest BCUT2D eigenvalue weighted by atomic mass is 32.1. The summed E-state index contributed by atoms with van der Waals surface area (Å²) in [6, 6.07) is 8.03. The van der Waals surface area contributed by atoms with E-state index in [1.165, 1.54) is 0 Å². The maximum Gasteiger partial charge on any atom is 0.177 e. The molecule has 7 heteroatoms.